The molecule has 7 nitrogen and oxygen atoms in total. The lowest BCUT2D eigenvalue weighted by atomic mass is 10.1. The number of nitrogens with zero attached hydrogens (tertiary/aromatic N) is 4. The Morgan fingerprint density at radius 2 is 1.76 bits per heavy atom. The molecular weight excluding hydrogens is 320 g/mol. The number of benzene rings is 2. The van der Waals surface area contributed by atoms with Gasteiger partial charge in [-0.3, -0.25) is 14.9 Å². The Morgan fingerprint density at radius 3 is 2.36 bits per heavy atom. The zero-order valence-electron chi connectivity index (χ0n) is 13.5. The van der Waals surface area contributed by atoms with Gasteiger partial charge in [0, 0.05) is 43.9 Å². The quantitative estimate of drug-likeness (QED) is 0.634. The Morgan fingerprint density at radius 1 is 1.08 bits per heavy atom. The zero-order valence-corrected chi connectivity index (χ0v) is 13.5. The molecule has 7 heteroatoms. The summed E-state index contributed by atoms with van der Waals surface area (Å²) in [6, 6.07) is 15.4. The van der Waals surface area contributed by atoms with Crippen molar-refractivity contribution >= 4 is 17.3 Å². The van der Waals surface area contributed by atoms with Crippen LogP contribution in [0.5, 0.6) is 0 Å². The SMILES string of the molecule is N#Cc1cc([N+](=O)[O-])ccc1N1CCN(C(=O)c2ccccc2)CC1. The maximum Gasteiger partial charge on any atom is 0.270 e. The van der Waals surface area contributed by atoms with Gasteiger partial charge in [0.2, 0.25) is 0 Å². The van der Waals surface area contributed by atoms with Gasteiger partial charge in [-0.2, -0.15) is 5.26 Å². The molecular formula is C18H16N4O3. The molecule has 1 amide bonds. The fourth-order valence-corrected chi connectivity index (χ4v) is 2.92. The molecule has 0 radical (unpaired) electrons. The van der Waals surface area contributed by atoms with Gasteiger partial charge in [0.1, 0.15) is 6.07 Å². The van der Waals surface area contributed by atoms with E-state index in [1.54, 1.807) is 23.1 Å². The number of amides is 1. The van der Waals surface area contributed by atoms with Crippen molar-refractivity contribution in [3.63, 3.8) is 0 Å². The van der Waals surface area contributed by atoms with Gasteiger partial charge in [-0.05, 0) is 18.2 Å². The molecule has 1 aliphatic heterocycles. The number of nitro groups is 1. The maximum atomic E-state index is 12.5. The highest BCUT2D eigenvalue weighted by molar-refractivity contribution is 5.94. The molecule has 0 spiro atoms. The highest BCUT2D eigenvalue weighted by atomic mass is 16.6. The van der Waals surface area contributed by atoms with Crippen molar-refractivity contribution in [1.29, 1.82) is 5.26 Å². The van der Waals surface area contributed by atoms with Crippen LogP contribution < -0.4 is 4.90 Å². The van der Waals surface area contributed by atoms with Crippen LogP contribution in [-0.4, -0.2) is 41.9 Å². The van der Waals surface area contributed by atoms with E-state index in [4.69, 9.17) is 0 Å². The van der Waals surface area contributed by atoms with Crippen molar-refractivity contribution in [2.75, 3.05) is 31.1 Å². The molecule has 1 heterocycles. The summed E-state index contributed by atoms with van der Waals surface area (Å²) in [5.41, 5.74) is 1.50. The number of rotatable bonds is 3. The van der Waals surface area contributed by atoms with Crippen molar-refractivity contribution in [3.8, 4) is 6.07 Å². The summed E-state index contributed by atoms with van der Waals surface area (Å²) >= 11 is 0. The molecule has 2 aromatic rings. The molecule has 1 saturated heterocycles. The van der Waals surface area contributed by atoms with Gasteiger partial charge in [-0.1, -0.05) is 18.2 Å². The second-order valence-corrected chi connectivity index (χ2v) is 5.72. The zero-order chi connectivity index (χ0) is 17.8. The average molecular weight is 336 g/mol. The van der Waals surface area contributed by atoms with E-state index >= 15 is 0 Å². The molecule has 0 N–H and O–H groups in total. The summed E-state index contributed by atoms with van der Waals surface area (Å²) in [6.07, 6.45) is 0. The minimum Gasteiger partial charge on any atom is -0.367 e. The summed E-state index contributed by atoms with van der Waals surface area (Å²) in [6.45, 7) is 2.22. The van der Waals surface area contributed by atoms with Gasteiger partial charge in [0.05, 0.1) is 16.2 Å². The summed E-state index contributed by atoms with van der Waals surface area (Å²) < 4.78 is 0. The minimum atomic E-state index is -0.513. The van der Waals surface area contributed by atoms with Crippen molar-refractivity contribution < 1.29 is 9.72 Å². The minimum absolute atomic E-state index is 0.00976. The molecule has 3 rings (SSSR count). The molecule has 25 heavy (non-hydrogen) atoms. The molecule has 1 fully saturated rings. The third-order valence-electron chi connectivity index (χ3n) is 4.24. The lowest BCUT2D eigenvalue weighted by Crippen LogP contribution is -2.49. The van der Waals surface area contributed by atoms with Gasteiger partial charge >= 0.3 is 0 Å². The largest absolute Gasteiger partial charge is 0.367 e. The second-order valence-electron chi connectivity index (χ2n) is 5.72. The van der Waals surface area contributed by atoms with E-state index < -0.39 is 4.92 Å². The molecule has 126 valence electrons. The van der Waals surface area contributed by atoms with Crippen LogP contribution in [0.25, 0.3) is 0 Å². The van der Waals surface area contributed by atoms with Crippen LogP contribution in [0.15, 0.2) is 48.5 Å². The van der Waals surface area contributed by atoms with Crippen LogP contribution in [0, 0.1) is 21.4 Å². The fraction of sp³-hybridized carbons (Fsp3) is 0.222. The van der Waals surface area contributed by atoms with Gasteiger partial charge < -0.3 is 9.80 Å². The summed E-state index contributed by atoms with van der Waals surface area (Å²) in [5.74, 6) is -0.00976. The predicted molar refractivity (Wildman–Crippen MR) is 92.4 cm³/mol. The number of hydrogen-bond acceptors (Lipinski definition) is 5. The van der Waals surface area contributed by atoms with E-state index in [1.807, 2.05) is 29.2 Å². The highest BCUT2D eigenvalue weighted by Gasteiger charge is 2.24. The Hall–Kier alpha value is -3.40. The number of nitriles is 1. The van der Waals surface area contributed by atoms with E-state index in [0.29, 0.717) is 37.4 Å². The number of hydrogen-bond donors (Lipinski definition) is 0. The van der Waals surface area contributed by atoms with E-state index in [9.17, 15) is 20.2 Å². The number of nitro benzene ring substituents is 1. The second kappa shape index (κ2) is 7.01. The summed E-state index contributed by atoms with van der Waals surface area (Å²) in [4.78, 5) is 26.6. The lowest BCUT2D eigenvalue weighted by Gasteiger charge is -2.36. The first-order valence-corrected chi connectivity index (χ1v) is 7.88. The average Bonchev–Trinajstić information content (AvgIpc) is 2.67. The molecule has 1 aliphatic rings. The molecule has 0 bridgehead atoms. The molecule has 0 atom stereocenters. The molecule has 0 saturated carbocycles. The number of carbonyl (C=O) groups is 1. The van der Waals surface area contributed by atoms with E-state index in [2.05, 4.69) is 0 Å². The van der Waals surface area contributed by atoms with Crippen LogP contribution in [0.1, 0.15) is 15.9 Å². The smallest absolute Gasteiger partial charge is 0.270 e. The lowest BCUT2D eigenvalue weighted by molar-refractivity contribution is -0.384. The first-order valence-electron chi connectivity index (χ1n) is 7.88. The van der Waals surface area contributed by atoms with Crippen molar-refractivity contribution in [3.05, 3.63) is 69.8 Å². The number of anilines is 1. The normalized spacial score (nSPS) is 14.0. The van der Waals surface area contributed by atoms with E-state index in [0.717, 1.165) is 0 Å². The fourth-order valence-electron chi connectivity index (χ4n) is 2.92. The van der Waals surface area contributed by atoms with Crippen LogP contribution in [0.2, 0.25) is 0 Å². The van der Waals surface area contributed by atoms with Gasteiger partial charge in [-0.15, -0.1) is 0 Å². The maximum absolute atomic E-state index is 12.5. The van der Waals surface area contributed by atoms with Crippen LogP contribution in [0.3, 0.4) is 0 Å². The van der Waals surface area contributed by atoms with Crippen LogP contribution >= 0.6 is 0 Å². The Labute approximate surface area is 144 Å². The topological polar surface area (TPSA) is 90.5 Å². The first-order chi connectivity index (χ1) is 12.1. The molecule has 2 aromatic carbocycles. The van der Waals surface area contributed by atoms with Crippen LogP contribution in [-0.2, 0) is 0 Å². The van der Waals surface area contributed by atoms with Gasteiger partial charge in [0.25, 0.3) is 11.6 Å². The Bertz CT molecular complexity index is 837. The van der Waals surface area contributed by atoms with E-state index in [-0.39, 0.29) is 17.2 Å². The standard InChI is InChI=1S/C18H16N4O3/c19-13-15-12-16(22(24)25)6-7-17(15)20-8-10-21(11-9-20)18(23)14-4-2-1-3-5-14/h1-7,12H,8-11H2. The molecule has 0 aliphatic carbocycles. The monoisotopic (exact) mass is 336 g/mol. The first kappa shape index (κ1) is 16.5. The Balaban J connectivity index is 1.71. The highest BCUT2D eigenvalue weighted by Crippen LogP contribution is 2.26. The van der Waals surface area contributed by atoms with Gasteiger partial charge in [-0.25, -0.2) is 0 Å². The van der Waals surface area contributed by atoms with E-state index in [1.165, 1.54) is 12.1 Å². The van der Waals surface area contributed by atoms with Crippen molar-refractivity contribution in [2.24, 2.45) is 0 Å². The Kier molecular flexibility index (Phi) is 4.61. The number of non-ortho nitro benzene ring substituents is 1. The van der Waals surface area contributed by atoms with Crippen LogP contribution in [0.4, 0.5) is 11.4 Å². The molecule has 0 unspecified atom stereocenters. The van der Waals surface area contributed by atoms with Crippen molar-refractivity contribution in [2.45, 2.75) is 0 Å². The predicted octanol–water partition coefficient (Wildman–Crippen LogP) is 2.43. The number of piperazine rings is 1. The third kappa shape index (κ3) is 3.43. The third-order valence-corrected chi connectivity index (χ3v) is 4.24. The molecule has 0 aromatic heterocycles. The van der Waals surface area contributed by atoms with Gasteiger partial charge in [0.15, 0.2) is 0 Å². The summed E-state index contributed by atoms with van der Waals surface area (Å²) in [7, 11) is 0. The summed E-state index contributed by atoms with van der Waals surface area (Å²) in [5, 5.41) is 20.1. The number of carbonyl (C=O) groups excluding carboxylic acids is 1. The van der Waals surface area contributed by atoms with Crippen molar-refractivity contribution in [1.82, 2.24) is 4.90 Å².